The Morgan fingerprint density at radius 2 is 1.11 bits per heavy atom. The molecule has 64 heavy (non-hydrogen) atoms. The highest BCUT2D eigenvalue weighted by atomic mass is 32.2. The topological polar surface area (TPSA) is 241 Å². The lowest BCUT2D eigenvalue weighted by Crippen LogP contribution is -2.49. The van der Waals surface area contributed by atoms with Crippen molar-refractivity contribution in [1.29, 1.82) is 5.26 Å². The lowest BCUT2D eigenvalue weighted by molar-refractivity contribution is -0.206. The molecule has 2 aromatic heterocycles. The molecule has 352 valence electrons. The van der Waals surface area contributed by atoms with Gasteiger partial charge in [0, 0.05) is 57.3 Å². The zero-order chi connectivity index (χ0) is 48.1. The summed E-state index contributed by atoms with van der Waals surface area (Å²) in [6.45, 7) is 16.6. The SMILES string of the molecule is CC(C)c1cc(F)cc(C(C)C)c1OC#N.COC1(c2cc(S(=O)(=O)NC(=O)Nc3c(C(C)C)cc(F)cc3C(C)C)nn2C)COC1.COC1(c2cc(S(N)(=O)=O)nn2C)COC1. The number of rotatable bonds is 13. The van der Waals surface area contributed by atoms with E-state index in [1.807, 2.05) is 60.1 Å². The van der Waals surface area contributed by atoms with E-state index in [1.165, 1.54) is 52.9 Å². The highest BCUT2D eigenvalue weighted by Crippen LogP contribution is 2.37. The lowest BCUT2D eigenvalue weighted by atomic mass is 9.92. The maximum atomic E-state index is 14.1. The normalized spacial score (nSPS) is 15.3. The van der Waals surface area contributed by atoms with Gasteiger partial charge in [0.1, 0.15) is 17.4 Å². The van der Waals surface area contributed by atoms with Crippen LogP contribution >= 0.6 is 0 Å². The number of ether oxygens (including phenoxy) is 5. The number of methoxy groups -OCH3 is 2. The number of hydrogen-bond donors (Lipinski definition) is 3. The van der Waals surface area contributed by atoms with Gasteiger partial charge in [-0.05, 0) is 59.1 Å². The zero-order valence-electron chi connectivity index (χ0n) is 38.1. The number of sulfonamides is 2. The van der Waals surface area contributed by atoms with Gasteiger partial charge in [-0.1, -0.05) is 55.4 Å². The van der Waals surface area contributed by atoms with Crippen molar-refractivity contribution in [2.45, 2.75) is 100 Å². The van der Waals surface area contributed by atoms with Crippen LogP contribution in [0.25, 0.3) is 0 Å². The molecule has 0 bridgehead atoms. The maximum absolute atomic E-state index is 14.1. The number of hydrogen-bond acceptors (Lipinski definition) is 13. The van der Waals surface area contributed by atoms with E-state index in [9.17, 15) is 30.4 Å². The fourth-order valence-electron chi connectivity index (χ4n) is 7.00. The summed E-state index contributed by atoms with van der Waals surface area (Å²) in [6, 6.07) is 7.38. The third kappa shape index (κ3) is 11.4. The van der Waals surface area contributed by atoms with Gasteiger partial charge in [-0.2, -0.15) is 18.6 Å². The minimum absolute atomic E-state index is 0.0941. The molecular formula is C42H58F2N8O10S2. The molecule has 0 unspecified atom stereocenters. The Labute approximate surface area is 373 Å². The predicted molar refractivity (Wildman–Crippen MR) is 232 cm³/mol. The van der Waals surface area contributed by atoms with Gasteiger partial charge in [0.25, 0.3) is 26.3 Å². The van der Waals surface area contributed by atoms with Crippen molar-refractivity contribution in [3.63, 3.8) is 0 Å². The molecule has 4 N–H and O–H groups in total. The third-order valence-corrected chi connectivity index (χ3v) is 12.7. The first-order chi connectivity index (χ1) is 29.8. The van der Waals surface area contributed by atoms with E-state index < -0.39 is 43.1 Å². The highest BCUT2D eigenvalue weighted by molar-refractivity contribution is 7.90. The summed E-state index contributed by atoms with van der Waals surface area (Å²) >= 11 is 0. The second-order valence-electron chi connectivity index (χ2n) is 16.7. The molecule has 2 amide bonds. The van der Waals surface area contributed by atoms with Gasteiger partial charge < -0.3 is 29.0 Å². The van der Waals surface area contributed by atoms with Crippen molar-refractivity contribution < 1.29 is 54.1 Å². The van der Waals surface area contributed by atoms with Gasteiger partial charge in [0.15, 0.2) is 21.3 Å². The monoisotopic (exact) mass is 936 g/mol. The maximum Gasteiger partial charge on any atom is 0.333 e. The molecular weight excluding hydrogens is 879 g/mol. The number of halogens is 2. The molecule has 6 rings (SSSR count). The van der Waals surface area contributed by atoms with Crippen molar-refractivity contribution in [3.8, 4) is 12.0 Å². The largest absolute Gasteiger partial charge is 0.387 e. The zero-order valence-corrected chi connectivity index (χ0v) is 39.7. The molecule has 2 aromatic carbocycles. The third-order valence-electron chi connectivity index (χ3n) is 10.7. The first-order valence-corrected chi connectivity index (χ1v) is 23.2. The van der Waals surface area contributed by atoms with Crippen molar-refractivity contribution in [3.05, 3.63) is 81.7 Å². The number of nitrogens with zero attached hydrogens (tertiary/aromatic N) is 5. The van der Waals surface area contributed by atoms with Crippen LogP contribution in [-0.2, 0) is 64.3 Å². The van der Waals surface area contributed by atoms with Crippen LogP contribution in [0, 0.1) is 23.2 Å². The molecule has 2 aliphatic heterocycles. The fraction of sp³-hybridized carbons (Fsp3) is 0.524. The van der Waals surface area contributed by atoms with Crippen LogP contribution < -0.4 is 19.9 Å². The van der Waals surface area contributed by atoms with Gasteiger partial charge in [-0.3, -0.25) is 9.36 Å². The van der Waals surface area contributed by atoms with Crippen molar-refractivity contribution in [2.75, 3.05) is 46.0 Å². The molecule has 2 saturated heterocycles. The Balaban J connectivity index is 0.000000234. The first-order valence-electron chi connectivity index (χ1n) is 20.2. The Morgan fingerprint density at radius 1 is 0.734 bits per heavy atom. The number of anilines is 1. The predicted octanol–water partition coefficient (Wildman–Crippen LogP) is 6.06. The van der Waals surface area contributed by atoms with E-state index in [2.05, 4.69) is 15.5 Å². The molecule has 0 radical (unpaired) electrons. The Kier molecular flexibility index (Phi) is 16.5. The average Bonchev–Trinajstić information content (AvgIpc) is 3.76. The quantitative estimate of drug-likeness (QED) is 0.129. The van der Waals surface area contributed by atoms with Crippen LogP contribution in [0.4, 0.5) is 19.3 Å². The highest BCUT2D eigenvalue weighted by Gasteiger charge is 2.45. The second-order valence-corrected chi connectivity index (χ2v) is 19.8. The summed E-state index contributed by atoms with van der Waals surface area (Å²) in [5, 5.41) is 23.7. The number of amides is 2. The van der Waals surface area contributed by atoms with Crippen molar-refractivity contribution >= 4 is 31.8 Å². The molecule has 4 aromatic rings. The number of benzene rings is 2. The molecule has 22 heteroatoms. The molecule has 0 saturated carbocycles. The number of aromatic nitrogens is 4. The van der Waals surface area contributed by atoms with Crippen LogP contribution in [0.15, 0.2) is 46.5 Å². The van der Waals surface area contributed by atoms with Gasteiger partial charge in [0.05, 0.1) is 37.8 Å². The summed E-state index contributed by atoms with van der Waals surface area (Å²) in [4.78, 5) is 12.7. The number of nitriles is 1. The number of nitrogens with two attached hydrogens (primary N) is 1. The number of aryl methyl sites for hydroxylation is 2. The summed E-state index contributed by atoms with van der Waals surface area (Å²) < 4.78 is 106. The molecule has 0 atom stereocenters. The van der Waals surface area contributed by atoms with Crippen LogP contribution in [-0.4, -0.2) is 83.1 Å². The molecule has 0 spiro atoms. The summed E-state index contributed by atoms with van der Waals surface area (Å²) in [7, 11) is -1.76. The average molecular weight is 937 g/mol. The van der Waals surface area contributed by atoms with E-state index in [1.54, 1.807) is 27.5 Å². The van der Waals surface area contributed by atoms with Crippen LogP contribution in [0.1, 0.15) is 113 Å². The minimum atomic E-state index is -4.27. The smallest absolute Gasteiger partial charge is 0.333 e. The standard InChI is InChI=1S/C21H29FN4O5S.C13H16FNO.C8H13N3O4S/c1-12(2)15-7-14(22)8-16(13(3)4)19(15)23-20(27)25-32(28,29)18-9-17(26(5)24-18)21(30-6)10-31-11-21;1-8(2)11-5-10(14)6-12(9(3)4)13(11)16-7-15;1-11-6(8(14-2)4-15-5-8)3-7(10-11)16(9,12)13/h7-9,12-13H,10-11H2,1-6H3,(H2,23,25,27);5-6,8-9H,1-4H3;3H,4-5H2,1-2H3,(H2,9,12,13). The van der Waals surface area contributed by atoms with Gasteiger partial charge in [0.2, 0.25) is 0 Å². The number of carbonyl (C=O) groups is 1. The summed E-state index contributed by atoms with van der Waals surface area (Å²) in [5.41, 5.74) is 2.82. The van der Waals surface area contributed by atoms with Crippen LogP contribution in [0.3, 0.4) is 0 Å². The van der Waals surface area contributed by atoms with Crippen LogP contribution in [0.2, 0.25) is 0 Å². The number of primary sulfonamides is 1. The summed E-state index contributed by atoms with van der Waals surface area (Å²) in [6.07, 6.45) is 1.67. The van der Waals surface area contributed by atoms with Gasteiger partial charge >= 0.3 is 6.03 Å². The van der Waals surface area contributed by atoms with E-state index >= 15 is 0 Å². The van der Waals surface area contributed by atoms with E-state index in [4.69, 9.17) is 34.1 Å². The number of carbonyl (C=O) groups excluding carboxylic acids is 1. The Hall–Kier alpha value is -5.02. The lowest BCUT2D eigenvalue weighted by Gasteiger charge is -2.39. The van der Waals surface area contributed by atoms with Gasteiger partial charge in [-0.15, -0.1) is 5.26 Å². The number of nitrogens with one attached hydrogen (secondary N) is 2. The van der Waals surface area contributed by atoms with Crippen molar-refractivity contribution in [1.82, 2.24) is 24.3 Å². The first kappa shape index (κ1) is 51.6. The fourth-order valence-corrected chi connectivity index (χ4v) is 8.41. The second kappa shape index (κ2) is 20.4. The van der Waals surface area contributed by atoms with Gasteiger partial charge in [-0.25, -0.2) is 31.9 Å². The van der Waals surface area contributed by atoms with E-state index in [0.29, 0.717) is 47.2 Å². The van der Waals surface area contributed by atoms with Crippen molar-refractivity contribution in [2.24, 2.45) is 19.2 Å². The number of urea groups is 1. The van der Waals surface area contributed by atoms with E-state index in [0.717, 1.165) is 11.1 Å². The molecule has 2 aliphatic rings. The molecule has 18 nitrogen and oxygen atoms in total. The van der Waals surface area contributed by atoms with Crippen LogP contribution in [0.5, 0.6) is 5.75 Å². The van der Waals surface area contributed by atoms with E-state index in [-0.39, 0.29) is 52.8 Å². The Bertz CT molecular complexity index is 2510. The Morgan fingerprint density at radius 3 is 1.42 bits per heavy atom. The molecule has 0 aliphatic carbocycles. The summed E-state index contributed by atoms with van der Waals surface area (Å²) in [5.74, 6) is -0.129. The minimum Gasteiger partial charge on any atom is -0.387 e. The molecule has 2 fully saturated rings. The molecule has 4 heterocycles.